The first-order valence-corrected chi connectivity index (χ1v) is 8.80. The fraction of sp³-hybridized carbons (Fsp3) is 0.316. The third kappa shape index (κ3) is 2.65. The zero-order valence-electron chi connectivity index (χ0n) is 14.4. The molecule has 0 aromatic carbocycles. The van der Waals surface area contributed by atoms with Crippen molar-refractivity contribution in [3.8, 4) is 11.4 Å². The summed E-state index contributed by atoms with van der Waals surface area (Å²) in [5.41, 5.74) is 3.35. The van der Waals surface area contributed by atoms with Gasteiger partial charge in [-0.05, 0) is 31.9 Å². The van der Waals surface area contributed by atoms with Gasteiger partial charge in [0.15, 0.2) is 5.82 Å². The van der Waals surface area contributed by atoms with E-state index in [0.29, 0.717) is 24.8 Å². The summed E-state index contributed by atoms with van der Waals surface area (Å²) in [7, 11) is 0. The normalized spacial score (nSPS) is 16.0. The molecule has 1 N–H and O–H groups in total. The standard InChI is InChI=1S/C19H18N6O/c1-11-7-16(23-18(21-11)13-3-2-6-20-8-13)25-9-14-15(10-25)22-17(12-4-5-12)24-19(14)26/h2-3,6-8,12H,4-5,9-10H2,1H3,(H,22,24,26). The second-order valence-electron chi connectivity index (χ2n) is 6.94. The first-order chi connectivity index (χ1) is 12.7. The minimum absolute atomic E-state index is 0.0161. The number of H-pyrrole nitrogens is 1. The number of anilines is 1. The quantitative estimate of drug-likeness (QED) is 0.783. The maximum Gasteiger partial charge on any atom is 0.256 e. The Hall–Kier alpha value is -3.09. The van der Waals surface area contributed by atoms with Crippen LogP contribution < -0.4 is 10.5 Å². The molecule has 2 aliphatic rings. The number of fused-ring (bicyclic) bond motifs is 1. The molecule has 0 unspecified atom stereocenters. The molecule has 0 amide bonds. The Morgan fingerprint density at radius 2 is 2.08 bits per heavy atom. The van der Waals surface area contributed by atoms with Crippen LogP contribution in [0.25, 0.3) is 11.4 Å². The summed E-state index contributed by atoms with van der Waals surface area (Å²) in [4.78, 5) is 35.5. The summed E-state index contributed by atoms with van der Waals surface area (Å²) in [5.74, 6) is 2.72. The Bertz CT molecular complexity index is 1040. The lowest BCUT2D eigenvalue weighted by Gasteiger charge is -2.17. The summed E-state index contributed by atoms with van der Waals surface area (Å²) in [6.07, 6.45) is 5.72. The second-order valence-corrected chi connectivity index (χ2v) is 6.94. The summed E-state index contributed by atoms with van der Waals surface area (Å²) < 4.78 is 0. The highest BCUT2D eigenvalue weighted by Gasteiger charge is 2.30. The van der Waals surface area contributed by atoms with Crippen molar-refractivity contribution < 1.29 is 0 Å². The van der Waals surface area contributed by atoms with Crippen LogP contribution in [0.4, 0.5) is 5.82 Å². The molecule has 3 aromatic heterocycles. The Morgan fingerprint density at radius 1 is 1.19 bits per heavy atom. The zero-order chi connectivity index (χ0) is 17.7. The van der Waals surface area contributed by atoms with E-state index < -0.39 is 0 Å². The SMILES string of the molecule is Cc1cc(N2Cc3nc(C4CC4)[nH]c(=O)c3C2)nc(-c2cccnc2)n1. The highest BCUT2D eigenvalue weighted by Crippen LogP contribution is 2.38. The molecule has 0 bridgehead atoms. The number of aromatic nitrogens is 5. The molecule has 1 saturated carbocycles. The number of hydrogen-bond acceptors (Lipinski definition) is 6. The third-order valence-electron chi connectivity index (χ3n) is 4.86. The first kappa shape index (κ1) is 15.2. The maximum absolute atomic E-state index is 12.4. The van der Waals surface area contributed by atoms with E-state index in [1.54, 1.807) is 12.4 Å². The number of aromatic amines is 1. The van der Waals surface area contributed by atoms with Gasteiger partial charge in [-0.3, -0.25) is 9.78 Å². The molecule has 7 heteroatoms. The van der Waals surface area contributed by atoms with E-state index in [2.05, 4.69) is 19.9 Å². The molecular weight excluding hydrogens is 328 g/mol. The van der Waals surface area contributed by atoms with Crippen molar-refractivity contribution in [3.05, 3.63) is 63.7 Å². The number of nitrogens with one attached hydrogen (secondary N) is 1. The van der Waals surface area contributed by atoms with Gasteiger partial charge >= 0.3 is 0 Å². The average molecular weight is 346 g/mol. The van der Waals surface area contributed by atoms with E-state index in [1.165, 1.54) is 0 Å². The van der Waals surface area contributed by atoms with Gasteiger partial charge in [0.05, 0.1) is 24.3 Å². The van der Waals surface area contributed by atoms with Gasteiger partial charge in [-0.1, -0.05) is 0 Å². The second kappa shape index (κ2) is 5.72. The van der Waals surface area contributed by atoms with Gasteiger partial charge in [0.1, 0.15) is 11.6 Å². The van der Waals surface area contributed by atoms with E-state index in [-0.39, 0.29) is 5.56 Å². The lowest BCUT2D eigenvalue weighted by molar-refractivity contribution is 0.834. The fourth-order valence-corrected chi connectivity index (χ4v) is 3.34. The maximum atomic E-state index is 12.4. The van der Waals surface area contributed by atoms with Crippen molar-refractivity contribution >= 4 is 5.82 Å². The van der Waals surface area contributed by atoms with Gasteiger partial charge in [0, 0.05) is 35.6 Å². The van der Waals surface area contributed by atoms with Crippen molar-refractivity contribution in [2.75, 3.05) is 4.90 Å². The highest BCUT2D eigenvalue weighted by molar-refractivity contribution is 5.57. The molecule has 1 aliphatic carbocycles. The van der Waals surface area contributed by atoms with Crippen LogP contribution in [-0.2, 0) is 13.1 Å². The molecule has 130 valence electrons. The van der Waals surface area contributed by atoms with E-state index in [9.17, 15) is 4.79 Å². The molecule has 7 nitrogen and oxygen atoms in total. The molecule has 1 fully saturated rings. The molecular formula is C19H18N6O. The van der Waals surface area contributed by atoms with Crippen LogP contribution in [0.2, 0.25) is 0 Å². The van der Waals surface area contributed by atoms with Gasteiger partial charge < -0.3 is 9.88 Å². The van der Waals surface area contributed by atoms with Crippen molar-refractivity contribution in [1.82, 2.24) is 24.9 Å². The third-order valence-corrected chi connectivity index (χ3v) is 4.86. The zero-order valence-corrected chi connectivity index (χ0v) is 14.4. The van der Waals surface area contributed by atoms with E-state index in [0.717, 1.165) is 47.0 Å². The largest absolute Gasteiger partial charge is 0.346 e. The van der Waals surface area contributed by atoms with Gasteiger partial charge in [-0.2, -0.15) is 0 Å². The van der Waals surface area contributed by atoms with Crippen LogP contribution in [0, 0.1) is 6.92 Å². The number of rotatable bonds is 3. The lowest BCUT2D eigenvalue weighted by Crippen LogP contribution is -2.19. The topological polar surface area (TPSA) is 87.7 Å². The molecule has 0 saturated heterocycles. The van der Waals surface area contributed by atoms with Gasteiger partial charge in [-0.15, -0.1) is 0 Å². The number of nitrogens with zero attached hydrogens (tertiary/aromatic N) is 5. The molecule has 3 aromatic rings. The van der Waals surface area contributed by atoms with Crippen LogP contribution in [0.1, 0.15) is 41.5 Å². The highest BCUT2D eigenvalue weighted by atomic mass is 16.1. The van der Waals surface area contributed by atoms with Gasteiger partial charge in [0.25, 0.3) is 5.56 Å². The van der Waals surface area contributed by atoms with Crippen LogP contribution in [0.15, 0.2) is 35.4 Å². The first-order valence-electron chi connectivity index (χ1n) is 8.80. The van der Waals surface area contributed by atoms with Crippen molar-refractivity contribution in [2.45, 2.75) is 38.8 Å². The summed E-state index contributed by atoms with van der Waals surface area (Å²) in [6.45, 7) is 3.07. The number of aryl methyl sites for hydroxylation is 1. The van der Waals surface area contributed by atoms with E-state index in [4.69, 9.17) is 9.97 Å². The Labute approximate surface area is 150 Å². The van der Waals surface area contributed by atoms with Crippen LogP contribution in [0.3, 0.4) is 0 Å². The Kier molecular flexibility index (Phi) is 3.34. The smallest absolute Gasteiger partial charge is 0.256 e. The molecule has 4 heterocycles. The molecule has 26 heavy (non-hydrogen) atoms. The van der Waals surface area contributed by atoms with E-state index in [1.807, 2.05) is 25.1 Å². The minimum Gasteiger partial charge on any atom is -0.346 e. The monoisotopic (exact) mass is 346 g/mol. The molecule has 0 atom stereocenters. The van der Waals surface area contributed by atoms with Crippen molar-refractivity contribution in [2.24, 2.45) is 0 Å². The summed E-state index contributed by atoms with van der Waals surface area (Å²) >= 11 is 0. The molecule has 0 spiro atoms. The summed E-state index contributed by atoms with van der Waals surface area (Å²) in [6, 6.07) is 5.76. The minimum atomic E-state index is -0.0161. The summed E-state index contributed by atoms with van der Waals surface area (Å²) in [5, 5.41) is 0. The predicted molar refractivity (Wildman–Crippen MR) is 96.7 cm³/mol. The molecule has 5 rings (SSSR count). The number of pyridine rings is 1. The van der Waals surface area contributed by atoms with Crippen LogP contribution in [0.5, 0.6) is 0 Å². The van der Waals surface area contributed by atoms with Crippen LogP contribution >= 0.6 is 0 Å². The molecule has 1 aliphatic heterocycles. The van der Waals surface area contributed by atoms with Gasteiger partial charge in [0.2, 0.25) is 0 Å². The van der Waals surface area contributed by atoms with Crippen molar-refractivity contribution in [1.29, 1.82) is 0 Å². The number of hydrogen-bond donors (Lipinski definition) is 1. The Balaban J connectivity index is 1.50. The van der Waals surface area contributed by atoms with Crippen molar-refractivity contribution in [3.63, 3.8) is 0 Å². The predicted octanol–water partition coefficient (Wildman–Crippen LogP) is 2.33. The lowest BCUT2D eigenvalue weighted by atomic mass is 10.2. The fourth-order valence-electron chi connectivity index (χ4n) is 3.34. The van der Waals surface area contributed by atoms with Gasteiger partial charge in [-0.25, -0.2) is 15.0 Å². The Morgan fingerprint density at radius 3 is 2.85 bits per heavy atom. The average Bonchev–Trinajstić information content (AvgIpc) is 3.41. The molecule has 0 radical (unpaired) electrons. The van der Waals surface area contributed by atoms with Crippen LogP contribution in [-0.4, -0.2) is 24.9 Å². The van der Waals surface area contributed by atoms with E-state index >= 15 is 0 Å².